The highest BCUT2D eigenvalue weighted by Gasteiger charge is 2.22. The Hall–Kier alpha value is -2.00. The van der Waals surface area contributed by atoms with Gasteiger partial charge in [0.25, 0.3) is 6.29 Å². The standard InChI is InChI=1S/C46H85NO7/c1-5-6-7-8-9-10-11-12-13-14-15-16-17-18-19-20-21-22-23-24-25-26-27-28-29-30-31-32-33-34-35-36-37-38-44(49)53-41-43(48)42-54-46(45(50)51)52-40-39-47(2,3)4/h11-12,14-15,17-18,43,46,48H,5-10,13,16,19-42H2,1-4H3/p+1/b12-11-,15-14-,18-17-. The van der Waals surface area contributed by atoms with E-state index >= 15 is 0 Å². The maximum Gasteiger partial charge on any atom is 0.361 e. The zero-order valence-corrected chi connectivity index (χ0v) is 35.6. The van der Waals surface area contributed by atoms with E-state index in [1.54, 1.807) is 0 Å². The molecule has 316 valence electrons. The third-order valence-electron chi connectivity index (χ3n) is 9.63. The average molecular weight is 765 g/mol. The monoisotopic (exact) mass is 765 g/mol. The van der Waals surface area contributed by atoms with Crippen molar-refractivity contribution in [2.75, 3.05) is 47.5 Å². The highest BCUT2D eigenvalue weighted by atomic mass is 16.7. The number of aliphatic carboxylic acids is 1. The molecule has 2 unspecified atom stereocenters. The summed E-state index contributed by atoms with van der Waals surface area (Å²) in [4.78, 5) is 23.3. The molecular weight excluding hydrogens is 679 g/mol. The molecule has 0 aromatic carbocycles. The minimum absolute atomic E-state index is 0.211. The molecule has 54 heavy (non-hydrogen) atoms. The fourth-order valence-electron chi connectivity index (χ4n) is 6.14. The lowest BCUT2D eigenvalue weighted by Gasteiger charge is -2.24. The molecule has 0 aliphatic rings. The Morgan fingerprint density at radius 2 is 0.963 bits per heavy atom. The molecule has 0 aromatic heterocycles. The first kappa shape index (κ1) is 52.0. The number of likely N-dealkylation sites (N-methyl/N-ethyl adjacent to an activating group) is 1. The van der Waals surface area contributed by atoms with E-state index in [9.17, 15) is 19.8 Å². The van der Waals surface area contributed by atoms with Crippen molar-refractivity contribution in [3.63, 3.8) is 0 Å². The predicted molar refractivity (Wildman–Crippen MR) is 226 cm³/mol. The lowest BCUT2D eigenvalue weighted by molar-refractivity contribution is -0.870. The molecule has 0 bridgehead atoms. The highest BCUT2D eigenvalue weighted by Crippen LogP contribution is 2.15. The van der Waals surface area contributed by atoms with E-state index in [4.69, 9.17) is 14.2 Å². The van der Waals surface area contributed by atoms with Gasteiger partial charge in [0.15, 0.2) is 0 Å². The number of esters is 1. The van der Waals surface area contributed by atoms with E-state index in [1.807, 2.05) is 21.1 Å². The molecule has 8 nitrogen and oxygen atoms in total. The summed E-state index contributed by atoms with van der Waals surface area (Å²) < 4.78 is 16.2. The summed E-state index contributed by atoms with van der Waals surface area (Å²) in [6.45, 7) is 2.59. The molecule has 0 aliphatic heterocycles. The summed E-state index contributed by atoms with van der Waals surface area (Å²) in [6.07, 6.45) is 46.3. The van der Waals surface area contributed by atoms with Crippen LogP contribution in [0.5, 0.6) is 0 Å². The normalized spacial score (nSPS) is 13.4. The third kappa shape index (κ3) is 41.2. The minimum atomic E-state index is -1.46. The van der Waals surface area contributed by atoms with Crippen LogP contribution >= 0.6 is 0 Å². The van der Waals surface area contributed by atoms with Gasteiger partial charge in [-0.3, -0.25) is 4.79 Å². The van der Waals surface area contributed by atoms with E-state index in [2.05, 4.69) is 43.4 Å². The van der Waals surface area contributed by atoms with Gasteiger partial charge in [0.2, 0.25) is 0 Å². The summed E-state index contributed by atoms with van der Waals surface area (Å²) in [6, 6.07) is 0. The summed E-state index contributed by atoms with van der Waals surface area (Å²) >= 11 is 0. The van der Waals surface area contributed by atoms with Crippen molar-refractivity contribution in [2.24, 2.45) is 0 Å². The molecule has 0 fully saturated rings. The van der Waals surface area contributed by atoms with Crippen molar-refractivity contribution in [2.45, 2.75) is 199 Å². The first-order valence-corrected chi connectivity index (χ1v) is 22.2. The molecule has 0 saturated heterocycles. The molecule has 0 amide bonds. The van der Waals surface area contributed by atoms with Gasteiger partial charge in [-0.1, -0.05) is 172 Å². The van der Waals surface area contributed by atoms with Crippen LogP contribution in [0.2, 0.25) is 0 Å². The SMILES string of the molecule is CCCCCCC/C=C\C/C=C\C/C=C\CCCCCCCCCCCCCCCCCCCCC(=O)OCC(O)COC(OCC[N+](C)(C)C)C(=O)O. The van der Waals surface area contributed by atoms with Crippen LogP contribution in [0.1, 0.15) is 187 Å². The molecule has 8 heteroatoms. The molecule has 0 spiro atoms. The molecule has 0 aromatic rings. The Balaban J connectivity index is 3.42. The fourth-order valence-corrected chi connectivity index (χ4v) is 6.14. The summed E-state index contributed by atoms with van der Waals surface area (Å²) in [5.74, 6) is -1.60. The Morgan fingerprint density at radius 3 is 1.39 bits per heavy atom. The number of aliphatic hydroxyl groups excluding tert-OH is 1. The molecule has 0 saturated carbocycles. The number of carbonyl (C=O) groups excluding carboxylic acids is 1. The number of nitrogens with zero attached hydrogens (tertiary/aromatic N) is 1. The lowest BCUT2D eigenvalue weighted by atomic mass is 10.0. The summed E-state index contributed by atoms with van der Waals surface area (Å²) in [5.41, 5.74) is 0. The second-order valence-electron chi connectivity index (χ2n) is 16.2. The maximum absolute atomic E-state index is 12.0. The molecular formula is C46H86NO7+. The molecule has 0 aliphatic carbocycles. The topological polar surface area (TPSA) is 102 Å². The first-order chi connectivity index (χ1) is 26.2. The van der Waals surface area contributed by atoms with Crippen LogP contribution in [0.4, 0.5) is 0 Å². The van der Waals surface area contributed by atoms with Gasteiger partial charge in [0.05, 0.1) is 34.4 Å². The average Bonchev–Trinajstić information content (AvgIpc) is 3.13. The molecule has 0 rings (SSSR count). The Labute approximate surface area is 332 Å². The van der Waals surface area contributed by atoms with Crippen LogP contribution < -0.4 is 0 Å². The lowest BCUT2D eigenvalue weighted by Crippen LogP contribution is -2.40. The van der Waals surface area contributed by atoms with Crippen LogP contribution in [-0.2, 0) is 23.8 Å². The van der Waals surface area contributed by atoms with Crippen LogP contribution in [0, 0.1) is 0 Å². The van der Waals surface area contributed by atoms with Gasteiger partial charge in [-0.15, -0.1) is 0 Å². The second kappa shape index (κ2) is 39.2. The second-order valence-corrected chi connectivity index (χ2v) is 16.2. The largest absolute Gasteiger partial charge is 0.477 e. The number of hydrogen-bond acceptors (Lipinski definition) is 6. The smallest absolute Gasteiger partial charge is 0.361 e. The number of quaternary nitrogens is 1. The van der Waals surface area contributed by atoms with E-state index in [0.717, 1.165) is 32.1 Å². The first-order valence-electron chi connectivity index (χ1n) is 22.2. The van der Waals surface area contributed by atoms with Crippen LogP contribution in [0.15, 0.2) is 36.5 Å². The number of carboxylic acid groups (broad SMARTS) is 1. The van der Waals surface area contributed by atoms with Gasteiger partial charge >= 0.3 is 11.9 Å². The predicted octanol–water partition coefficient (Wildman–Crippen LogP) is 11.7. The fraction of sp³-hybridized carbons (Fsp3) is 0.826. The van der Waals surface area contributed by atoms with Crippen molar-refractivity contribution in [1.29, 1.82) is 0 Å². The number of hydrogen-bond donors (Lipinski definition) is 2. The van der Waals surface area contributed by atoms with Crippen LogP contribution in [-0.4, -0.2) is 86.5 Å². The number of aliphatic hydroxyl groups is 1. The number of allylic oxidation sites excluding steroid dienone is 6. The van der Waals surface area contributed by atoms with E-state index in [1.165, 1.54) is 141 Å². The van der Waals surface area contributed by atoms with Crippen molar-refractivity contribution in [3.8, 4) is 0 Å². The molecule has 0 heterocycles. The Bertz CT molecular complexity index is 927. The number of unbranched alkanes of at least 4 members (excludes halogenated alkanes) is 23. The van der Waals surface area contributed by atoms with E-state index in [0.29, 0.717) is 17.4 Å². The van der Waals surface area contributed by atoms with Crippen LogP contribution in [0.25, 0.3) is 0 Å². The van der Waals surface area contributed by atoms with E-state index < -0.39 is 18.4 Å². The van der Waals surface area contributed by atoms with Crippen molar-refractivity contribution in [3.05, 3.63) is 36.5 Å². The maximum atomic E-state index is 12.0. The van der Waals surface area contributed by atoms with Gasteiger partial charge in [-0.05, 0) is 44.9 Å². The Morgan fingerprint density at radius 1 is 0.556 bits per heavy atom. The van der Waals surface area contributed by atoms with Gasteiger partial charge in [0.1, 0.15) is 19.3 Å². The Kier molecular flexibility index (Phi) is 37.8. The third-order valence-corrected chi connectivity index (χ3v) is 9.63. The van der Waals surface area contributed by atoms with Gasteiger partial charge in [0, 0.05) is 6.42 Å². The van der Waals surface area contributed by atoms with Crippen LogP contribution in [0.3, 0.4) is 0 Å². The highest BCUT2D eigenvalue weighted by molar-refractivity contribution is 5.70. The van der Waals surface area contributed by atoms with Crippen molar-refractivity contribution in [1.82, 2.24) is 0 Å². The minimum Gasteiger partial charge on any atom is -0.477 e. The molecule has 2 N–H and O–H groups in total. The van der Waals surface area contributed by atoms with Gasteiger partial charge in [-0.25, -0.2) is 4.79 Å². The zero-order chi connectivity index (χ0) is 39.8. The summed E-state index contributed by atoms with van der Waals surface area (Å²) in [7, 11) is 5.92. The summed E-state index contributed by atoms with van der Waals surface area (Å²) in [5, 5.41) is 19.3. The number of ether oxygens (including phenoxy) is 3. The number of rotatable bonds is 41. The van der Waals surface area contributed by atoms with Gasteiger partial charge in [-0.2, -0.15) is 0 Å². The quantitative estimate of drug-likeness (QED) is 0.0210. The number of carbonyl (C=O) groups is 2. The van der Waals surface area contributed by atoms with Gasteiger partial charge < -0.3 is 28.9 Å². The van der Waals surface area contributed by atoms with Crippen molar-refractivity contribution < 1.29 is 38.5 Å². The van der Waals surface area contributed by atoms with Crippen molar-refractivity contribution >= 4 is 11.9 Å². The number of carboxylic acids is 1. The zero-order valence-electron chi connectivity index (χ0n) is 35.6. The molecule has 0 radical (unpaired) electrons. The molecule has 2 atom stereocenters. The van der Waals surface area contributed by atoms with E-state index in [-0.39, 0.29) is 25.8 Å².